The van der Waals surface area contributed by atoms with Gasteiger partial charge >= 0.3 is 0 Å². The van der Waals surface area contributed by atoms with E-state index in [1.165, 1.54) is 22.6 Å². The summed E-state index contributed by atoms with van der Waals surface area (Å²) in [5.74, 6) is 0. The van der Waals surface area contributed by atoms with Crippen molar-refractivity contribution in [2.75, 3.05) is 5.32 Å². The molecular formula is C13H13ClN2O2S. The van der Waals surface area contributed by atoms with Gasteiger partial charge in [-0.15, -0.1) is 11.3 Å². The van der Waals surface area contributed by atoms with Crippen LogP contribution in [0.25, 0.3) is 0 Å². The standard InChI is InChI=1S/C13H13ClN2O2S/c1-8-5-6-19-13(8)9(2)15-10-3-4-11(14)12(7-10)16(17)18/h3-7,9,15H,1-2H3. The quantitative estimate of drug-likeness (QED) is 0.652. The summed E-state index contributed by atoms with van der Waals surface area (Å²) < 4.78 is 0. The smallest absolute Gasteiger partial charge is 0.289 e. The molecule has 4 nitrogen and oxygen atoms in total. The maximum atomic E-state index is 10.8. The van der Waals surface area contributed by atoms with E-state index in [1.807, 2.05) is 19.2 Å². The molecule has 1 aromatic carbocycles. The van der Waals surface area contributed by atoms with Gasteiger partial charge in [-0.25, -0.2) is 0 Å². The first-order valence-corrected chi connectivity index (χ1v) is 6.99. The number of anilines is 1. The van der Waals surface area contributed by atoms with E-state index in [-0.39, 0.29) is 16.8 Å². The maximum absolute atomic E-state index is 10.8. The lowest BCUT2D eigenvalue weighted by Crippen LogP contribution is -2.06. The van der Waals surface area contributed by atoms with Crippen LogP contribution in [-0.2, 0) is 0 Å². The number of nitro benzene ring substituents is 1. The number of nitro groups is 1. The van der Waals surface area contributed by atoms with Crippen LogP contribution in [-0.4, -0.2) is 4.92 Å². The fraction of sp³-hybridized carbons (Fsp3) is 0.231. The zero-order chi connectivity index (χ0) is 14.0. The minimum Gasteiger partial charge on any atom is -0.377 e. The molecule has 0 spiro atoms. The number of nitrogens with one attached hydrogen (secondary N) is 1. The van der Waals surface area contributed by atoms with Gasteiger partial charge in [0.15, 0.2) is 0 Å². The largest absolute Gasteiger partial charge is 0.377 e. The first kappa shape index (κ1) is 13.8. The van der Waals surface area contributed by atoms with Crippen LogP contribution in [0, 0.1) is 17.0 Å². The predicted molar refractivity (Wildman–Crippen MR) is 79.2 cm³/mol. The summed E-state index contributed by atoms with van der Waals surface area (Å²) in [7, 11) is 0. The maximum Gasteiger partial charge on any atom is 0.289 e. The summed E-state index contributed by atoms with van der Waals surface area (Å²) in [6.45, 7) is 4.08. The van der Waals surface area contributed by atoms with Crippen LogP contribution in [0.15, 0.2) is 29.6 Å². The molecule has 0 radical (unpaired) electrons. The fourth-order valence-electron chi connectivity index (χ4n) is 1.89. The fourth-order valence-corrected chi connectivity index (χ4v) is 3.01. The molecule has 19 heavy (non-hydrogen) atoms. The van der Waals surface area contributed by atoms with E-state index >= 15 is 0 Å². The average Bonchev–Trinajstić information content (AvgIpc) is 2.77. The Morgan fingerprint density at radius 1 is 1.42 bits per heavy atom. The highest BCUT2D eigenvalue weighted by atomic mass is 35.5. The number of hydrogen-bond acceptors (Lipinski definition) is 4. The molecule has 1 heterocycles. The van der Waals surface area contributed by atoms with Gasteiger partial charge in [-0.05, 0) is 43.0 Å². The van der Waals surface area contributed by atoms with E-state index in [0.717, 1.165) is 0 Å². The van der Waals surface area contributed by atoms with Gasteiger partial charge in [-0.2, -0.15) is 0 Å². The lowest BCUT2D eigenvalue weighted by atomic mass is 10.2. The topological polar surface area (TPSA) is 55.2 Å². The van der Waals surface area contributed by atoms with Gasteiger partial charge in [0.05, 0.1) is 11.0 Å². The van der Waals surface area contributed by atoms with Crippen LogP contribution < -0.4 is 5.32 Å². The molecule has 0 aliphatic rings. The van der Waals surface area contributed by atoms with E-state index in [2.05, 4.69) is 11.4 Å². The molecule has 0 fully saturated rings. The number of benzene rings is 1. The van der Waals surface area contributed by atoms with E-state index < -0.39 is 4.92 Å². The van der Waals surface area contributed by atoms with E-state index in [9.17, 15) is 10.1 Å². The van der Waals surface area contributed by atoms with Gasteiger partial charge in [0.1, 0.15) is 5.02 Å². The number of thiophene rings is 1. The van der Waals surface area contributed by atoms with E-state index in [0.29, 0.717) is 5.69 Å². The Kier molecular flexibility index (Phi) is 4.07. The Morgan fingerprint density at radius 3 is 2.74 bits per heavy atom. The second-order valence-corrected chi connectivity index (χ2v) is 5.61. The van der Waals surface area contributed by atoms with Gasteiger partial charge in [-0.1, -0.05) is 11.6 Å². The second-order valence-electron chi connectivity index (χ2n) is 4.26. The van der Waals surface area contributed by atoms with Crippen LogP contribution in [0.4, 0.5) is 11.4 Å². The molecule has 1 N–H and O–H groups in total. The molecule has 0 amide bonds. The van der Waals surface area contributed by atoms with Crippen molar-refractivity contribution < 1.29 is 4.92 Å². The normalized spacial score (nSPS) is 12.2. The van der Waals surface area contributed by atoms with E-state index in [1.54, 1.807) is 17.4 Å². The molecule has 1 atom stereocenters. The molecule has 2 aromatic rings. The SMILES string of the molecule is Cc1ccsc1C(C)Nc1ccc(Cl)c([N+](=O)[O-])c1. The Bertz CT molecular complexity index is 612. The molecule has 0 bridgehead atoms. The number of aryl methyl sites for hydroxylation is 1. The van der Waals surface area contributed by atoms with Crippen LogP contribution in [0.3, 0.4) is 0 Å². The third kappa shape index (κ3) is 3.05. The van der Waals surface area contributed by atoms with Gasteiger partial charge in [-0.3, -0.25) is 10.1 Å². The van der Waals surface area contributed by atoms with Crippen molar-refractivity contribution in [2.45, 2.75) is 19.9 Å². The lowest BCUT2D eigenvalue weighted by Gasteiger charge is -2.15. The van der Waals surface area contributed by atoms with Crippen molar-refractivity contribution in [3.8, 4) is 0 Å². The molecule has 100 valence electrons. The van der Waals surface area contributed by atoms with Crippen molar-refractivity contribution in [1.82, 2.24) is 0 Å². The Morgan fingerprint density at radius 2 is 2.16 bits per heavy atom. The third-order valence-electron chi connectivity index (χ3n) is 2.82. The first-order valence-electron chi connectivity index (χ1n) is 5.73. The average molecular weight is 297 g/mol. The molecule has 0 saturated heterocycles. The molecule has 0 aliphatic heterocycles. The molecular weight excluding hydrogens is 284 g/mol. The number of rotatable bonds is 4. The van der Waals surface area contributed by atoms with Crippen LogP contribution in [0.2, 0.25) is 5.02 Å². The van der Waals surface area contributed by atoms with Gasteiger partial charge in [0, 0.05) is 16.6 Å². The van der Waals surface area contributed by atoms with Gasteiger partial charge in [0.2, 0.25) is 0 Å². The molecule has 0 aliphatic carbocycles. The van der Waals surface area contributed by atoms with Crippen LogP contribution in [0.1, 0.15) is 23.4 Å². The minimum absolute atomic E-state index is 0.0817. The summed E-state index contributed by atoms with van der Waals surface area (Å²) in [6.07, 6.45) is 0. The Balaban J connectivity index is 2.22. The van der Waals surface area contributed by atoms with Crippen molar-refractivity contribution in [1.29, 1.82) is 0 Å². The summed E-state index contributed by atoms with van der Waals surface area (Å²) in [4.78, 5) is 11.6. The molecule has 0 saturated carbocycles. The third-order valence-corrected chi connectivity index (χ3v) is 4.34. The first-order chi connectivity index (χ1) is 8.99. The summed E-state index contributed by atoms with van der Waals surface area (Å²) in [5, 5.41) is 16.3. The van der Waals surface area contributed by atoms with Gasteiger partial charge < -0.3 is 5.32 Å². The summed E-state index contributed by atoms with van der Waals surface area (Å²) in [6, 6.07) is 6.90. The van der Waals surface area contributed by atoms with Crippen LogP contribution in [0.5, 0.6) is 0 Å². The second kappa shape index (κ2) is 5.59. The Labute approximate surface area is 120 Å². The zero-order valence-electron chi connectivity index (χ0n) is 10.5. The minimum atomic E-state index is -0.478. The number of halogens is 1. The van der Waals surface area contributed by atoms with Crippen molar-refractivity contribution in [3.05, 3.63) is 55.2 Å². The summed E-state index contributed by atoms with van der Waals surface area (Å²) >= 11 is 7.45. The monoisotopic (exact) mass is 296 g/mol. The highest BCUT2D eigenvalue weighted by molar-refractivity contribution is 7.10. The highest BCUT2D eigenvalue weighted by Crippen LogP contribution is 2.31. The van der Waals surface area contributed by atoms with Crippen molar-refractivity contribution in [2.24, 2.45) is 0 Å². The highest BCUT2D eigenvalue weighted by Gasteiger charge is 2.15. The number of hydrogen-bond donors (Lipinski definition) is 1. The summed E-state index contributed by atoms with van der Waals surface area (Å²) in [5.41, 5.74) is 1.83. The molecule has 1 aromatic heterocycles. The lowest BCUT2D eigenvalue weighted by molar-refractivity contribution is -0.384. The molecule has 2 rings (SSSR count). The van der Waals surface area contributed by atoms with Crippen molar-refractivity contribution >= 4 is 34.3 Å². The molecule has 1 unspecified atom stereocenters. The van der Waals surface area contributed by atoms with Gasteiger partial charge in [0.25, 0.3) is 5.69 Å². The van der Waals surface area contributed by atoms with E-state index in [4.69, 9.17) is 11.6 Å². The van der Waals surface area contributed by atoms with Crippen LogP contribution >= 0.6 is 22.9 Å². The zero-order valence-corrected chi connectivity index (χ0v) is 12.1. The van der Waals surface area contributed by atoms with Crippen molar-refractivity contribution in [3.63, 3.8) is 0 Å². The molecule has 6 heteroatoms. The Hall–Kier alpha value is -1.59. The predicted octanol–water partition coefficient (Wildman–Crippen LogP) is 4.79. The number of nitrogens with zero attached hydrogens (tertiary/aromatic N) is 1.